The Balaban J connectivity index is 1.56. The smallest absolute Gasteiger partial charge is 0.194 e. The van der Waals surface area contributed by atoms with Gasteiger partial charge in [0.15, 0.2) is 11.6 Å². The Bertz CT molecular complexity index is 789. The van der Waals surface area contributed by atoms with Gasteiger partial charge in [-0.25, -0.2) is 9.97 Å². The van der Waals surface area contributed by atoms with Crippen molar-refractivity contribution in [1.29, 1.82) is 0 Å². The fourth-order valence-corrected chi connectivity index (χ4v) is 3.15. The third-order valence-electron chi connectivity index (χ3n) is 5.58. The Morgan fingerprint density at radius 2 is 2.00 bits per heavy atom. The number of aryl methyl sites for hydroxylation is 1. The van der Waals surface area contributed by atoms with E-state index in [-0.39, 0.29) is 11.0 Å². The van der Waals surface area contributed by atoms with E-state index in [2.05, 4.69) is 63.3 Å². The molecule has 8 heteroatoms. The summed E-state index contributed by atoms with van der Waals surface area (Å²) in [5, 5.41) is 12.0. The molecule has 8 nitrogen and oxygen atoms in total. The second-order valence-electron chi connectivity index (χ2n) is 7.66. The summed E-state index contributed by atoms with van der Waals surface area (Å²) in [7, 11) is 3.71. The minimum Gasteiger partial charge on any atom is -0.368 e. The number of likely N-dealkylation sites (tertiary alicyclic amines) is 1. The summed E-state index contributed by atoms with van der Waals surface area (Å²) in [6.07, 6.45) is 3.35. The zero-order chi connectivity index (χ0) is 18.2. The molecule has 0 aromatic carbocycles. The van der Waals surface area contributed by atoms with Crippen molar-refractivity contribution in [3.05, 3.63) is 12.5 Å². The van der Waals surface area contributed by atoms with Crippen molar-refractivity contribution in [2.45, 2.75) is 33.2 Å². The van der Waals surface area contributed by atoms with Crippen LogP contribution in [0.15, 0.2) is 17.5 Å². The summed E-state index contributed by atoms with van der Waals surface area (Å²) >= 11 is 0. The Hall–Kier alpha value is -2.38. The van der Waals surface area contributed by atoms with Crippen molar-refractivity contribution in [3.63, 3.8) is 0 Å². The standard InChI is InChI=1S/C17H28N8/c1-16(2)10-25(17(16,3)4)15(18-5)20-8-7-19-13-12-9-23-24(6)14(12)22-11-21-13/h9,11H,7-8,10H2,1-6H3,(H,18,20)(H,19,21,22). The first-order valence-corrected chi connectivity index (χ1v) is 8.63. The summed E-state index contributed by atoms with van der Waals surface area (Å²) in [6, 6.07) is 0. The van der Waals surface area contributed by atoms with E-state index in [4.69, 9.17) is 0 Å². The minimum absolute atomic E-state index is 0.0940. The quantitative estimate of drug-likeness (QED) is 0.496. The first-order valence-electron chi connectivity index (χ1n) is 8.63. The number of rotatable bonds is 4. The maximum absolute atomic E-state index is 4.43. The average Bonchev–Trinajstić information content (AvgIpc) is 2.95. The molecule has 1 aliphatic rings. The molecule has 3 rings (SSSR count). The summed E-state index contributed by atoms with van der Waals surface area (Å²) < 4.78 is 1.75. The van der Waals surface area contributed by atoms with E-state index in [0.717, 1.165) is 42.4 Å². The minimum atomic E-state index is 0.0940. The predicted molar refractivity (Wildman–Crippen MR) is 101 cm³/mol. The van der Waals surface area contributed by atoms with Crippen LogP contribution in [-0.4, -0.2) is 62.8 Å². The van der Waals surface area contributed by atoms with E-state index in [1.807, 2.05) is 14.1 Å². The van der Waals surface area contributed by atoms with E-state index in [0.29, 0.717) is 0 Å². The van der Waals surface area contributed by atoms with Crippen LogP contribution in [0.2, 0.25) is 0 Å². The molecule has 0 amide bonds. The lowest BCUT2D eigenvalue weighted by atomic mass is 9.65. The fraction of sp³-hybridized carbons (Fsp3) is 0.647. The number of fused-ring (bicyclic) bond motifs is 1. The zero-order valence-electron chi connectivity index (χ0n) is 16.0. The van der Waals surface area contributed by atoms with Crippen LogP contribution >= 0.6 is 0 Å². The van der Waals surface area contributed by atoms with Gasteiger partial charge in [0.1, 0.15) is 12.1 Å². The first kappa shape index (κ1) is 17.4. The SMILES string of the molecule is CN=C(NCCNc1ncnc2c1cnn2C)N1CC(C)(C)C1(C)C. The summed E-state index contributed by atoms with van der Waals surface area (Å²) in [5.41, 5.74) is 1.21. The molecule has 0 radical (unpaired) electrons. The molecule has 0 bridgehead atoms. The Kier molecular flexibility index (Phi) is 4.30. The predicted octanol–water partition coefficient (Wildman–Crippen LogP) is 1.47. The number of guanidine groups is 1. The third-order valence-corrected chi connectivity index (χ3v) is 5.58. The van der Waals surface area contributed by atoms with Gasteiger partial charge in [-0.1, -0.05) is 13.8 Å². The molecule has 0 aliphatic carbocycles. The fourth-order valence-electron chi connectivity index (χ4n) is 3.15. The van der Waals surface area contributed by atoms with Crippen LogP contribution in [0.1, 0.15) is 27.7 Å². The molecule has 0 saturated carbocycles. The lowest BCUT2D eigenvalue weighted by Gasteiger charge is -2.62. The molecule has 0 atom stereocenters. The van der Waals surface area contributed by atoms with Crippen LogP contribution in [0.25, 0.3) is 11.0 Å². The van der Waals surface area contributed by atoms with Gasteiger partial charge >= 0.3 is 0 Å². The molecule has 3 heterocycles. The van der Waals surface area contributed by atoms with Gasteiger partial charge < -0.3 is 15.5 Å². The highest BCUT2D eigenvalue weighted by atomic mass is 15.4. The summed E-state index contributed by atoms with van der Waals surface area (Å²) in [6.45, 7) is 11.6. The molecule has 2 N–H and O–H groups in total. The van der Waals surface area contributed by atoms with Crippen LogP contribution in [0.3, 0.4) is 0 Å². The van der Waals surface area contributed by atoms with Crippen molar-refractivity contribution < 1.29 is 0 Å². The highest BCUT2D eigenvalue weighted by Gasteiger charge is 2.53. The molecule has 1 aliphatic heterocycles. The summed E-state index contributed by atoms with van der Waals surface area (Å²) in [5.74, 6) is 1.75. The topological polar surface area (TPSA) is 83.3 Å². The average molecular weight is 344 g/mol. The first-order chi connectivity index (χ1) is 11.8. The largest absolute Gasteiger partial charge is 0.368 e. The number of hydrogen-bond donors (Lipinski definition) is 2. The maximum atomic E-state index is 4.43. The molecular weight excluding hydrogens is 316 g/mol. The Labute approximate surface area is 148 Å². The number of aliphatic imine (C=N–C) groups is 1. The van der Waals surface area contributed by atoms with Crippen molar-refractivity contribution in [2.75, 3.05) is 32.0 Å². The normalized spacial score (nSPS) is 19.0. The Morgan fingerprint density at radius 3 is 2.64 bits per heavy atom. The molecule has 2 aromatic heterocycles. The van der Waals surface area contributed by atoms with Gasteiger partial charge in [-0.15, -0.1) is 0 Å². The number of hydrogen-bond acceptors (Lipinski definition) is 5. The van der Waals surface area contributed by atoms with Gasteiger partial charge in [0, 0.05) is 44.7 Å². The second kappa shape index (κ2) is 6.16. The Morgan fingerprint density at radius 1 is 1.24 bits per heavy atom. The highest BCUT2D eigenvalue weighted by molar-refractivity contribution is 5.86. The number of nitrogens with one attached hydrogen (secondary N) is 2. The van der Waals surface area contributed by atoms with E-state index in [9.17, 15) is 0 Å². The van der Waals surface area contributed by atoms with Crippen molar-refractivity contribution in [1.82, 2.24) is 30.0 Å². The molecular formula is C17H28N8. The molecule has 136 valence electrons. The molecule has 0 unspecified atom stereocenters. The van der Waals surface area contributed by atoms with Crippen LogP contribution in [-0.2, 0) is 7.05 Å². The van der Waals surface area contributed by atoms with Crippen molar-refractivity contribution >= 4 is 22.8 Å². The molecule has 1 saturated heterocycles. The van der Waals surface area contributed by atoms with Crippen molar-refractivity contribution in [2.24, 2.45) is 17.5 Å². The zero-order valence-corrected chi connectivity index (χ0v) is 16.0. The highest BCUT2D eigenvalue weighted by Crippen LogP contribution is 2.46. The van der Waals surface area contributed by atoms with Gasteiger partial charge in [-0.3, -0.25) is 9.67 Å². The molecule has 2 aromatic rings. The lowest BCUT2D eigenvalue weighted by molar-refractivity contribution is -0.0666. The lowest BCUT2D eigenvalue weighted by Crippen LogP contribution is -2.72. The molecule has 25 heavy (non-hydrogen) atoms. The van der Waals surface area contributed by atoms with Gasteiger partial charge in [-0.2, -0.15) is 5.10 Å². The number of aromatic nitrogens is 4. The van der Waals surface area contributed by atoms with Crippen LogP contribution in [0.5, 0.6) is 0 Å². The monoisotopic (exact) mass is 344 g/mol. The molecule has 1 fully saturated rings. The third kappa shape index (κ3) is 2.89. The van der Waals surface area contributed by atoms with Crippen LogP contribution < -0.4 is 10.6 Å². The van der Waals surface area contributed by atoms with Crippen LogP contribution in [0.4, 0.5) is 5.82 Å². The van der Waals surface area contributed by atoms with E-state index >= 15 is 0 Å². The van der Waals surface area contributed by atoms with E-state index in [1.165, 1.54) is 0 Å². The van der Waals surface area contributed by atoms with Crippen LogP contribution in [0, 0.1) is 5.41 Å². The van der Waals surface area contributed by atoms with Crippen molar-refractivity contribution in [3.8, 4) is 0 Å². The van der Waals surface area contributed by atoms with Gasteiger partial charge in [0.05, 0.1) is 11.6 Å². The maximum Gasteiger partial charge on any atom is 0.194 e. The second-order valence-corrected chi connectivity index (χ2v) is 7.66. The summed E-state index contributed by atoms with van der Waals surface area (Å²) in [4.78, 5) is 15.3. The number of anilines is 1. The van der Waals surface area contributed by atoms with E-state index in [1.54, 1.807) is 17.2 Å². The van der Waals surface area contributed by atoms with Gasteiger partial charge in [0.25, 0.3) is 0 Å². The van der Waals surface area contributed by atoms with E-state index < -0.39 is 0 Å². The molecule has 0 spiro atoms. The van der Waals surface area contributed by atoms with Gasteiger partial charge in [0.2, 0.25) is 0 Å². The van der Waals surface area contributed by atoms with Gasteiger partial charge in [-0.05, 0) is 13.8 Å². The number of nitrogens with zero attached hydrogens (tertiary/aromatic N) is 6.